The standard InChI is InChI=1S/C7H7Cl.C7H8O.C2H6/c1-6-4-2-3-5-7(6)8;1-8-7-5-3-2-4-6-7;1-2/h2-5H,1H3;2-6H,1H3;1-2H3. The van der Waals surface area contributed by atoms with Crippen LogP contribution in [0.1, 0.15) is 19.4 Å². The lowest BCUT2D eigenvalue weighted by molar-refractivity contribution is 0.415. The monoisotopic (exact) mass is 264 g/mol. The molecule has 0 saturated carbocycles. The SMILES string of the molecule is CC.COc1ccccc1.Cc1ccccc1Cl. The smallest absolute Gasteiger partial charge is 0.118 e. The van der Waals surface area contributed by atoms with Gasteiger partial charge in [0, 0.05) is 5.02 Å². The molecule has 0 N–H and O–H groups in total. The van der Waals surface area contributed by atoms with Crippen molar-refractivity contribution >= 4 is 11.6 Å². The number of rotatable bonds is 1. The number of aryl methyl sites for hydroxylation is 1. The summed E-state index contributed by atoms with van der Waals surface area (Å²) in [5, 5.41) is 0.840. The van der Waals surface area contributed by atoms with Gasteiger partial charge in [-0.25, -0.2) is 0 Å². The molecule has 0 unspecified atom stereocenters. The topological polar surface area (TPSA) is 9.23 Å². The second kappa shape index (κ2) is 10.7. The molecule has 2 heteroatoms. The number of para-hydroxylation sites is 1. The van der Waals surface area contributed by atoms with Gasteiger partial charge in [-0.05, 0) is 30.7 Å². The average molecular weight is 265 g/mol. The summed E-state index contributed by atoms with van der Waals surface area (Å²) in [6.45, 7) is 5.99. The lowest BCUT2D eigenvalue weighted by Gasteiger charge is -1.93. The maximum atomic E-state index is 5.71. The average Bonchev–Trinajstić information content (AvgIpc) is 2.46. The van der Waals surface area contributed by atoms with E-state index in [0.29, 0.717) is 0 Å². The summed E-state index contributed by atoms with van der Waals surface area (Å²) in [5.41, 5.74) is 1.13. The Kier molecular flexibility index (Phi) is 9.80. The van der Waals surface area contributed by atoms with Crippen LogP contribution in [-0.4, -0.2) is 7.11 Å². The number of methoxy groups -OCH3 is 1. The van der Waals surface area contributed by atoms with E-state index in [0.717, 1.165) is 16.3 Å². The summed E-state index contributed by atoms with van der Waals surface area (Å²) in [6.07, 6.45) is 0. The van der Waals surface area contributed by atoms with Gasteiger partial charge in [0.15, 0.2) is 0 Å². The van der Waals surface area contributed by atoms with E-state index in [1.54, 1.807) is 7.11 Å². The number of hydrogen-bond donors (Lipinski definition) is 0. The fourth-order valence-corrected chi connectivity index (χ4v) is 1.24. The molecule has 2 aromatic carbocycles. The van der Waals surface area contributed by atoms with Crippen molar-refractivity contribution in [3.05, 3.63) is 65.2 Å². The molecule has 1 nitrogen and oxygen atoms in total. The van der Waals surface area contributed by atoms with E-state index in [1.165, 1.54) is 0 Å². The predicted molar refractivity (Wildman–Crippen MR) is 80.5 cm³/mol. The fraction of sp³-hybridized carbons (Fsp3) is 0.250. The molecule has 0 heterocycles. The lowest BCUT2D eigenvalue weighted by Crippen LogP contribution is -1.78. The second-order valence-corrected chi connectivity index (χ2v) is 3.67. The van der Waals surface area contributed by atoms with Crippen LogP contribution in [0.5, 0.6) is 5.75 Å². The first-order chi connectivity index (χ1) is 8.74. The molecular weight excluding hydrogens is 244 g/mol. The van der Waals surface area contributed by atoms with Crippen LogP contribution in [-0.2, 0) is 0 Å². The first kappa shape index (κ1) is 16.5. The normalized spacial score (nSPS) is 8.28. The molecule has 0 saturated heterocycles. The Morgan fingerprint density at radius 2 is 1.33 bits per heavy atom. The molecule has 98 valence electrons. The lowest BCUT2D eigenvalue weighted by atomic mass is 10.2. The van der Waals surface area contributed by atoms with E-state index in [4.69, 9.17) is 16.3 Å². The van der Waals surface area contributed by atoms with E-state index in [9.17, 15) is 0 Å². The maximum Gasteiger partial charge on any atom is 0.118 e. The number of ether oxygens (including phenoxy) is 1. The van der Waals surface area contributed by atoms with E-state index < -0.39 is 0 Å². The Morgan fingerprint density at radius 3 is 1.67 bits per heavy atom. The molecule has 0 bridgehead atoms. The molecule has 0 amide bonds. The minimum atomic E-state index is 0.840. The molecule has 0 aromatic heterocycles. The predicted octanol–water partition coefficient (Wildman–Crippen LogP) is 5.37. The van der Waals surface area contributed by atoms with Crippen molar-refractivity contribution in [3.8, 4) is 5.75 Å². The third kappa shape index (κ3) is 6.97. The maximum absolute atomic E-state index is 5.71. The van der Waals surface area contributed by atoms with Gasteiger partial charge >= 0.3 is 0 Å². The van der Waals surface area contributed by atoms with Crippen LogP contribution in [0.3, 0.4) is 0 Å². The Hall–Kier alpha value is -1.47. The van der Waals surface area contributed by atoms with Gasteiger partial charge < -0.3 is 4.74 Å². The summed E-state index contributed by atoms with van der Waals surface area (Å²) in [7, 11) is 1.66. The number of benzene rings is 2. The molecule has 0 atom stereocenters. The van der Waals surface area contributed by atoms with Crippen molar-refractivity contribution in [1.29, 1.82) is 0 Å². The molecule has 0 aliphatic heterocycles. The van der Waals surface area contributed by atoms with Gasteiger partial charge in [0.05, 0.1) is 7.11 Å². The van der Waals surface area contributed by atoms with E-state index in [-0.39, 0.29) is 0 Å². The van der Waals surface area contributed by atoms with Crippen molar-refractivity contribution in [2.75, 3.05) is 7.11 Å². The highest BCUT2D eigenvalue weighted by atomic mass is 35.5. The van der Waals surface area contributed by atoms with Crippen LogP contribution in [0.4, 0.5) is 0 Å². The van der Waals surface area contributed by atoms with Gasteiger partial charge in [-0.3, -0.25) is 0 Å². The van der Waals surface area contributed by atoms with Crippen LogP contribution >= 0.6 is 11.6 Å². The van der Waals surface area contributed by atoms with Gasteiger partial charge in [0.2, 0.25) is 0 Å². The summed E-state index contributed by atoms with van der Waals surface area (Å²) < 4.78 is 4.91. The van der Waals surface area contributed by atoms with Gasteiger partial charge in [-0.15, -0.1) is 0 Å². The Balaban J connectivity index is 0.000000283. The molecule has 0 aliphatic carbocycles. The highest BCUT2D eigenvalue weighted by molar-refractivity contribution is 6.31. The molecule has 0 spiro atoms. The van der Waals surface area contributed by atoms with Crippen LogP contribution < -0.4 is 4.74 Å². The summed E-state index contributed by atoms with van der Waals surface area (Å²) in [5.74, 6) is 0.910. The Morgan fingerprint density at radius 1 is 0.833 bits per heavy atom. The Bertz CT molecular complexity index is 391. The number of halogens is 1. The second-order valence-electron chi connectivity index (χ2n) is 3.27. The van der Waals surface area contributed by atoms with Crippen LogP contribution in [0, 0.1) is 6.92 Å². The van der Waals surface area contributed by atoms with Gasteiger partial charge in [-0.2, -0.15) is 0 Å². The minimum absolute atomic E-state index is 0.840. The molecular formula is C16H21ClO. The zero-order valence-corrected chi connectivity index (χ0v) is 12.2. The summed E-state index contributed by atoms with van der Waals surface area (Å²) >= 11 is 5.71. The van der Waals surface area contributed by atoms with Crippen molar-refractivity contribution in [2.45, 2.75) is 20.8 Å². The summed E-state index contributed by atoms with van der Waals surface area (Å²) in [4.78, 5) is 0. The Labute approximate surface area is 115 Å². The summed E-state index contributed by atoms with van der Waals surface area (Å²) in [6, 6.07) is 17.5. The van der Waals surface area contributed by atoms with Crippen molar-refractivity contribution in [3.63, 3.8) is 0 Å². The zero-order valence-electron chi connectivity index (χ0n) is 11.5. The van der Waals surface area contributed by atoms with E-state index in [1.807, 2.05) is 75.4 Å². The first-order valence-electron chi connectivity index (χ1n) is 6.04. The minimum Gasteiger partial charge on any atom is -0.497 e. The van der Waals surface area contributed by atoms with Crippen molar-refractivity contribution in [1.82, 2.24) is 0 Å². The highest BCUT2D eigenvalue weighted by Crippen LogP contribution is 2.11. The first-order valence-corrected chi connectivity index (χ1v) is 6.42. The third-order valence-corrected chi connectivity index (χ3v) is 2.48. The van der Waals surface area contributed by atoms with Crippen LogP contribution in [0.2, 0.25) is 5.02 Å². The molecule has 2 rings (SSSR count). The molecule has 0 aliphatic rings. The molecule has 2 aromatic rings. The molecule has 18 heavy (non-hydrogen) atoms. The highest BCUT2D eigenvalue weighted by Gasteiger charge is 1.86. The molecule has 0 radical (unpaired) electrons. The van der Waals surface area contributed by atoms with Gasteiger partial charge in [-0.1, -0.05) is 61.8 Å². The van der Waals surface area contributed by atoms with Gasteiger partial charge in [0.1, 0.15) is 5.75 Å². The van der Waals surface area contributed by atoms with Gasteiger partial charge in [0.25, 0.3) is 0 Å². The number of hydrogen-bond acceptors (Lipinski definition) is 1. The quantitative estimate of drug-likeness (QED) is 0.673. The van der Waals surface area contributed by atoms with Crippen LogP contribution in [0.25, 0.3) is 0 Å². The van der Waals surface area contributed by atoms with Crippen molar-refractivity contribution < 1.29 is 4.74 Å². The third-order valence-electron chi connectivity index (χ3n) is 2.06. The van der Waals surface area contributed by atoms with Crippen molar-refractivity contribution in [2.24, 2.45) is 0 Å². The molecule has 0 fully saturated rings. The largest absolute Gasteiger partial charge is 0.497 e. The zero-order chi connectivity index (χ0) is 13.8. The van der Waals surface area contributed by atoms with E-state index >= 15 is 0 Å². The fourth-order valence-electron chi connectivity index (χ4n) is 1.11. The van der Waals surface area contributed by atoms with E-state index in [2.05, 4.69) is 0 Å². The van der Waals surface area contributed by atoms with Crippen LogP contribution in [0.15, 0.2) is 54.6 Å².